The van der Waals surface area contributed by atoms with E-state index >= 15 is 0 Å². The maximum absolute atomic E-state index is 14.4. The van der Waals surface area contributed by atoms with Gasteiger partial charge in [-0.2, -0.15) is 4.39 Å². The van der Waals surface area contributed by atoms with Crippen molar-refractivity contribution in [3.05, 3.63) is 77.4 Å². The fourth-order valence-electron chi connectivity index (χ4n) is 3.70. The Balaban J connectivity index is 0.00000235. The SMILES string of the molecule is CC.CCC(=O)c1cc(C(C=O)(N=C(N)N(C)C)c2cccc(-c3cc(F)cnc3F)c2)cn1CCF. The van der Waals surface area contributed by atoms with Crippen molar-refractivity contribution in [2.24, 2.45) is 10.7 Å². The molecule has 1 atom stereocenters. The molecule has 7 nitrogen and oxygen atoms in total. The number of aliphatic imine (C=N–C) groups is 1. The Hall–Kier alpha value is -3.95. The summed E-state index contributed by atoms with van der Waals surface area (Å²) in [6.07, 6.45) is 2.98. The molecule has 3 rings (SSSR count). The van der Waals surface area contributed by atoms with Crippen LogP contribution in [0.1, 0.15) is 48.8 Å². The summed E-state index contributed by atoms with van der Waals surface area (Å²) in [5.41, 5.74) is 5.27. The molecule has 2 heterocycles. The molecule has 0 amide bonds. The Morgan fingerprint density at radius 3 is 2.49 bits per heavy atom. The van der Waals surface area contributed by atoms with Crippen LogP contribution in [0, 0.1) is 11.8 Å². The summed E-state index contributed by atoms with van der Waals surface area (Å²) in [6.45, 7) is 4.86. The van der Waals surface area contributed by atoms with E-state index in [-0.39, 0.29) is 52.7 Å². The largest absolute Gasteiger partial charge is 0.370 e. The lowest BCUT2D eigenvalue weighted by Crippen LogP contribution is -2.37. The molecule has 2 aromatic heterocycles. The number of hydrogen-bond donors (Lipinski definition) is 1. The lowest BCUT2D eigenvalue weighted by Gasteiger charge is -2.26. The van der Waals surface area contributed by atoms with Crippen LogP contribution in [0.2, 0.25) is 0 Å². The third kappa shape index (κ3) is 6.25. The number of aromatic nitrogens is 2. The van der Waals surface area contributed by atoms with Gasteiger partial charge in [-0.1, -0.05) is 39.0 Å². The number of alkyl halides is 1. The lowest BCUT2D eigenvalue weighted by molar-refractivity contribution is -0.111. The highest BCUT2D eigenvalue weighted by molar-refractivity contribution is 5.95. The molecule has 37 heavy (non-hydrogen) atoms. The monoisotopic (exact) mass is 515 g/mol. The van der Waals surface area contributed by atoms with Gasteiger partial charge in [-0.3, -0.25) is 9.59 Å². The quantitative estimate of drug-likeness (QED) is 0.146. The van der Waals surface area contributed by atoms with E-state index in [0.29, 0.717) is 6.29 Å². The Morgan fingerprint density at radius 1 is 1.19 bits per heavy atom. The van der Waals surface area contributed by atoms with Crippen molar-refractivity contribution in [3.63, 3.8) is 0 Å². The number of hydrogen-bond acceptors (Lipinski definition) is 4. The van der Waals surface area contributed by atoms with Crippen LogP contribution < -0.4 is 5.73 Å². The van der Waals surface area contributed by atoms with Gasteiger partial charge in [-0.05, 0) is 29.3 Å². The van der Waals surface area contributed by atoms with Gasteiger partial charge in [0.2, 0.25) is 5.95 Å². The zero-order chi connectivity index (χ0) is 27.8. The molecule has 3 aromatic rings. The fourth-order valence-corrected chi connectivity index (χ4v) is 3.70. The molecule has 0 spiro atoms. The number of guanidine groups is 1. The van der Waals surface area contributed by atoms with Crippen molar-refractivity contribution < 1.29 is 22.8 Å². The van der Waals surface area contributed by atoms with Gasteiger partial charge in [0, 0.05) is 37.8 Å². The molecule has 1 unspecified atom stereocenters. The third-order valence-electron chi connectivity index (χ3n) is 5.61. The van der Waals surface area contributed by atoms with Gasteiger partial charge < -0.3 is 15.2 Å². The van der Waals surface area contributed by atoms with Crippen LogP contribution in [0.4, 0.5) is 13.2 Å². The van der Waals surface area contributed by atoms with Crippen molar-refractivity contribution >= 4 is 18.0 Å². The van der Waals surface area contributed by atoms with E-state index in [1.807, 2.05) is 13.8 Å². The summed E-state index contributed by atoms with van der Waals surface area (Å²) in [4.78, 5) is 34.7. The summed E-state index contributed by atoms with van der Waals surface area (Å²) in [5.74, 6) is -1.85. The number of Topliss-reactive ketones (excluding diaryl/α,β-unsaturated/α-hetero) is 1. The molecule has 0 radical (unpaired) electrons. The standard InChI is InChI=1S/C25H26F3N5O2.C2H6/c1-4-22(35)21-11-18(14-33(21)9-8-26)25(15-34,31-24(29)32(2)3)17-7-5-6-16(10-17)20-12-19(27)13-30-23(20)28;1-2/h5-7,10-15H,4,8-9H2,1-3H3,(H2,29,31);1-2H3. The minimum atomic E-state index is -1.76. The summed E-state index contributed by atoms with van der Waals surface area (Å²) in [6, 6.07) is 8.65. The predicted molar refractivity (Wildman–Crippen MR) is 138 cm³/mol. The molecule has 0 aliphatic carbocycles. The summed E-state index contributed by atoms with van der Waals surface area (Å²) in [7, 11) is 3.28. The maximum Gasteiger partial charge on any atom is 0.220 e. The fraction of sp³-hybridized carbons (Fsp3) is 0.333. The highest BCUT2D eigenvalue weighted by Gasteiger charge is 2.37. The van der Waals surface area contributed by atoms with Gasteiger partial charge in [0.25, 0.3) is 0 Å². The molecule has 0 bridgehead atoms. The van der Waals surface area contributed by atoms with Crippen molar-refractivity contribution in [2.75, 3.05) is 20.8 Å². The molecule has 0 saturated carbocycles. The number of aryl methyl sites for hydroxylation is 1. The van der Waals surface area contributed by atoms with E-state index in [0.717, 1.165) is 12.3 Å². The van der Waals surface area contributed by atoms with Gasteiger partial charge >= 0.3 is 0 Å². The second kappa shape index (κ2) is 12.8. The summed E-state index contributed by atoms with van der Waals surface area (Å²) >= 11 is 0. The molecule has 2 N–H and O–H groups in total. The second-order valence-corrected chi connectivity index (χ2v) is 8.09. The third-order valence-corrected chi connectivity index (χ3v) is 5.61. The first-order valence-electron chi connectivity index (χ1n) is 11.9. The number of nitrogens with two attached hydrogens (primary N) is 1. The number of carbonyl (C=O) groups excluding carboxylic acids is 2. The number of nitrogens with zero attached hydrogens (tertiary/aromatic N) is 4. The summed E-state index contributed by atoms with van der Waals surface area (Å²) in [5, 5.41) is 0. The van der Waals surface area contributed by atoms with Crippen LogP contribution in [-0.4, -0.2) is 53.2 Å². The van der Waals surface area contributed by atoms with Crippen molar-refractivity contribution in [1.82, 2.24) is 14.5 Å². The van der Waals surface area contributed by atoms with Gasteiger partial charge in [0.1, 0.15) is 12.5 Å². The molecular weight excluding hydrogens is 483 g/mol. The minimum Gasteiger partial charge on any atom is -0.370 e. The zero-order valence-electron chi connectivity index (χ0n) is 21.6. The second-order valence-electron chi connectivity index (χ2n) is 8.09. The molecule has 10 heteroatoms. The molecule has 0 saturated heterocycles. The smallest absolute Gasteiger partial charge is 0.220 e. The van der Waals surface area contributed by atoms with Crippen LogP contribution in [0.3, 0.4) is 0 Å². The normalized spacial score (nSPS) is 12.8. The molecule has 0 aliphatic heterocycles. The summed E-state index contributed by atoms with van der Waals surface area (Å²) < 4.78 is 42.9. The predicted octanol–water partition coefficient (Wildman–Crippen LogP) is 4.74. The lowest BCUT2D eigenvalue weighted by atomic mass is 9.84. The van der Waals surface area contributed by atoms with Gasteiger partial charge in [0.05, 0.1) is 18.4 Å². The van der Waals surface area contributed by atoms with Gasteiger partial charge in [0.15, 0.2) is 23.6 Å². The molecule has 0 aliphatic rings. The Labute approximate surface area is 214 Å². The number of rotatable bonds is 9. The molecular formula is C27H32F3N5O2. The van der Waals surface area contributed by atoms with Crippen LogP contribution in [0.15, 0.2) is 53.8 Å². The number of ketones is 1. The van der Waals surface area contributed by atoms with Gasteiger partial charge in [-0.15, -0.1) is 0 Å². The van der Waals surface area contributed by atoms with Crippen LogP contribution >= 0.6 is 0 Å². The van der Waals surface area contributed by atoms with Crippen molar-refractivity contribution in [2.45, 2.75) is 39.3 Å². The van der Waals surface area contributed by atoms with E-state index in [2.05, 4.69) is 9.98 Å². The maximum atomic E-state index is 14.4. The highest BCUT2D eigenvalue weighted by atomic mass is 19.1. The molecule has 198 valence electrons. The average molecular weight is 516 g/mol. The zero-order valence-corrected chi connectivity index (χ0v) is 21.6. The Kier molecular flexibility index (Phi) is 10.2. The average Bonchev–Trinajstić information content (AvgIpc) is 3.33. The number of pyridine rings is 1. The first kappa shape index (κ1) is 29.3. The topological polar surface area (TPSA) is 93.6 Å². The minimum absolute atomic E-state index is 0.00251. The van der Waals surface area contributed by atoms with E-state index in [9.17, 15) is 22.8 Å². The number of aldehydes is 1. The Bertz CT molecular complexity index is 1270. The van der Waals surface area contributed by atoms with E-state index in [1.54, 1.807) is 33.2 Å². The first-order chi connectivity index (χ1) is 17.7. The van der Waals surface area contributed by atoms with Crippen LogP contribution in [0.25, 0.3) is 11.1 Å². The molecule has 1 aromatic carbocycles. The number of halogens is 3. The van der Waals surface area contributed by atoms with Crippen molar-refractivity contribution in [1.29, 1.82) is 0 Å². The van der Waals surface area contributed by atoms with Gasteiger partial charge in [-0.25, -0.2) is 18.8 Å². The van der Waals surface area contributed by atoms with Crippen LogP contribution in [0.5, 0.6) is 0 Å². The van der Waals surface area contributed by atoms with E-state index in [4.69, 9.17) is 5.73 Å². The molecule has 0 fully saturated rings. The van der Waals surface area contributed by atoms with Crippen molar-refractivity contribution in [3.8, 4) is 11.1 Å². The number of carbonyl (C=O) groups is 2. The van der Waals surface area contributed by atoms with E-state index < -0.39 is 24.0 Å². The Morgan fingerprint density at radius 2 is 1.89 bits per heavy atom. The van der Waals surface area contributed by atoms with E-state index in [1.165, 1.54) is 33.9 Å². The number of benzene rings is 1. The first-order valence-corrected chi connectivity index (χ1v) is 11.9. The van der Waals surface area contributed by atoms with Crippen LogP contribution in [-0.2, 0) is 16.9 Å². The highest BCUT2D eigenvalue weighted by Crippen LogP contribution is 2.36.